The molecule has 0 saturated heterocycles. The number of rotatable bonds is 6. The normalized spacial score (nSPS) is 11.4. The minimum atomic E-state index is -3.52. The molecule has 0 saturated carbocycles. The molecule has 0 fully saturated rings. The summed E-state index contributed by atoms with van der Waals surface area (Å²) >= 11 is 12.8. The SMILES string of the molecule is O=C(NCCNS(=O)(=O)c1cccs1)c1cc(Cl)ccc1Cl. The highest BCUT2D eigenvalue weighted by Crippen LogP contribution is 2.20. The van der Waals surface area contributed by atoms with Gasteiger partial charge in [0.15, 0.2) is 0 Å². The number of amides is 1. The molecule has 1 aromatic heterocycles. The molecule has 118 valence electrons. The van der Waals surface area contributed by atoms with Gasteiger partial charge in [0.25, 0.3) is 5.91 Å². The minimum absolute atomic E-state index is 0.0736. The zero-order valence-electron chi connectivity index (χ0n) is 11.2. The van der Waals surface area contributed by atoms with E-state index in [1.807, 2.05) is 0 Å². The van der Waals surface area contributed by atoms with Gasteiger partial charge in [-0.1, -0.05) is 29.3 Å². The lowest BCUT2D eigenvalue weighted by molar-refractivity contribution is 0.0954. The van der Waals surface area contributed by atoms with Crippen molar-refractivity contribution in [3.05, 3.63) is 51.3 Å². The number of benzene rings is 1. The zero-order chi connectivity index (χ0) is 16.2. The first kappa shape index (κ1) is 17.2. The van der Waals surface area contributed by atoms with E-state index in [1.54, 1.807) is 17.5 Å². The summed E-state index contributed by atoms with van der Waals surface area (Å²) in [6.45, 7) is 0.205. The summed E-state index contributed by atoms with van der Waals surface area (Å²) in [4.78, 5) is 11.9. The number of carbonyl (C=O) groups excluding carboxylic acids is 1. The van der Waals surface area contributed by atoms with Gasteiger partial charge in [-0.05, 0) is 29.6 Å². The summed E-state index contributed by atoms with van der Waals surface area (Å²) in [6.07, 6.45) is 0. The highest BCUT2D eigenvalue weighted by molar-refractivity contribution is 7.91. The molecule has 0 atom stereocenters. The van der Waals surface area contributed by atoms with Gasteiger partial charge < -0.3 is 5.32 Å². The Morgan fingerprint density at radius 1 is 1.18 bits per heavy atom. The molecule has 0 bridgehead atoms. The number of sulfonamides is 1. The Bertz CT molecular complexity index is 762. The van der Waals surface area contributed by atoms with Crippen molar-refractivity contribution in [1.29, 1.82) is 0 Å². The van der Waals surface area contributed by atoms with E-state index in [-0.39, 0.29) is 27.9 Å². The van der Waals surface area contributed by atoms with Gasteiger partial charge in [-0.25, -0.2) is 13.1 Å². The second kappa shape index (κ2) is 7.43. The fourth-order valence-corrected chi connectivity index (χ4v) is 4.06. The molecule has 0 aliphatic heterocycles. The van der Waals surface area contributed by atoms with Crippen LogP contribution < -0.4 is 10.0 Å². The summed E-state index contributed by atoms with van der Waals surface area (Å²) in [6, 6.07) is 7.72. The third-order valence-electron chi connectivity index (χ3n) is 2.64. The topological polar surface area (TPSA) is 75.3 Å². The molecule has 5 nitrogen and oxygen atoms in total. The third-order valence-corrected chi connectivity index (χ3v) is 6.06. The van der Waals surface area contributed by atoms with Crippen LogP contribution in [-0.2, 0) is 10.0 Å². The maximum atomic E-state index is 11.9. The Balaban J connectivity index is 1.86. The van der Waals surface area contributed by atoms with Gasteiger partial charge in [0, 0.05) is 18.1 Å². The first-order valence-electron chi connectivity index (χ1n) is 6.16. The number of hydrogen-bond acceptors (Lipinski definition) is 4. The molecule has 0 aliphatic carbocycles. The fraction of sp³-hybridized carbons (Fsp3) is 0.154. The second-order valence-electron chi connectivity index (χ2n) is 4.21. The molecule has 2 rings (SSSR count). The molecular weight excluding hydrogens is 367 g/mol. The number of nitrogens with one attached hydrogen (secondary N) is 2. The largest absolute Gasteiger partial charge is 0.351 e. The van der Waals surface area contributed by atoms with Crippen molar-refractivity contribution in [3.63, 3.8) is 0 Å². The van der Waals surface area contributed by atoms with E-state index in [0.29, 0.717) is 5.02 Å². The molecule has 1 amide bonds. The maximum Gasteiger partial charge on any atom is 0.252 e. The Morgan fingerprint density at radius 2 is 1.95 bits per heavy atom. The molecule has 9 heteroatoms. The predicted molar refractivity (Wildman–Crippen MR) is 88.3 cm³/mol. The first-order valence-corrected chi connectivity index (χ1v) is 9.28. The second-order valence-corrected chi connectivity index (χ2v) is 8.00. The molecule has 2 aromatic rings. The van der Waals surface area contributed by atoms with Gasteiger partial charge in [0.05, 0.1) is 10.6 Å². The van der Waals surface area contributed by atoms with Gasteiger partial charge in [-0.15, -0.1) is 11.3 Å². The lowest BCUT2D eigenvalue weighted by Gasteiger charge is -2.08. The predicted octanol–water partition coefficient (Wildman–Crippen LogP) is 2.76. The average molecular weight is 379 g/mol. The fourth-order valence-electron chi connectivity index (χ4n) is 1.62. The van der Waals surface area contributed by atoms with E-state index in [0.717, 1.165) is 11.3 Å². The molecule has 22 heavy (non-hydrogen) atoms. The van der Waals surface area contributed by atoms with E-state index in [9.17, 15) is 13.2 Å². The molecule has 1 heterocycles. The summed E-state index contributed by atoms with van der Waals surface area (Å²) in [5.74, 6) is -0.414. The Kier molecular flexibility index (Phi) is 5.82. The average Bonchev–Trinajstić information content (AvgIpc) is 3.01. The van der Waals surface area contributed by atoms with Crippen molar-refractivity contribution in [2.75, 3.05) is 13.1 Å². The number of thiophene rings is 1. The standard InChI is InChI=1S/C13H12Cl2N2O3S2/c14-9-3-4-11(15)10(8-9)13(18)16-5-6-17-22(19,20)12-2-1-7-21-12/h1-4,7-8,17H,5-6H2,(H,16,18). The molecular formula is C13H12Cl2N2O3S2. The smallest absolute Gasteiger partial charge is 0.252 e. The van der Waals surface area contributed by atoms with Crippen molar-refractivity contribution < 1.29 is 13.2 Å². The Labute approximate surface area is 142 Å². The van der Waals surface area contributed by atoms with Gasteiger partial charge in [-0.3, -0.25) is 4.79 Å². The van der Waals surface area contributed by atoms with Crippen LogP contribution >= 0.6 is 34.5 Å². The van der Waals surface area contributed by atoms with Crippen molar-refractivity contribution in [2.45, 2.75) is 4.21 Å². The Hall–Kier alpha value is -1.12. The monoisotopic (exact) mass is 378 g/mol. The third kappa shape index (κ3) is 4.44. The summed E-state index contributed by atoms with van der Waals surface area (Å²) < 4.78 is 26.3. The maximum absolute atomic E-state index is 11.9. The highest BCUT2D eigenvalue weighted by atomic mass is 35.5. The van der Waals surface area contributed by atoms with Crippen LogP contribution in [0.5, 0.6) is 0 Å². The quantitative estimate of drug-likeness (QED) is 0.758. The lowest BCUT2D eigenvalue weighted by Crippen LogP contribution is -2.34. The summed E-state index contributed by atoms with van der Waals surface area (Å²) in [7, 11) is -3.52. The first-order chi connectivity index (χ1) is 10.4. The van der Waals surface area contributed by atoms with E-state index < -0.39 is 15.9 Å². The number of halogens is 2. The van der Waals surface area contributed by atoms with Crippen molar-refractivity contribution in [3.8, 4) is 0 Å². The van der Waals surface area contributed by atoms with Crippen molar-refractivity contribution in [2.24, 2.45) is 0 Å². The van der Waals surface area contributed by atoms with E-state index in [2.05, 4.69) is 10.0 Å². The van der Waals surface area contributed by atoms with Crippen LogP contribution in [0.4, 0.5) is 0 Å². The zero-order valence-corrected chi connectivity index (χ0v) is 14.3. The molecule has 0 spiro atoms. The van der Waals surface area contributed by atoms with Crippen LogP contribution in [-0.4, -0.2) is 27.4 Å². The van der Waals surface area contributed by atoms with Crippen LogP contribution in [0.1, 0.15) is 10.4 Å². The van der Waals surface area contributed by atoms with Crippen LogP contribution in [0.25, 0.3) is 0 Å². The number of carbonyl (C=O) groups is 1. The van der Waals surface area contributed by atoms with E-state index in [1.165, 1.54) is 18.2 Å². The van der Waals surface area contributed by atoms with E-state index in [4.69, 9.17) is 23.2 Å². The van der Waals surface area contributed by atoms with Crippen LogP contribution in [0.3, 0.4) is 0 Å². The highest BCUT2D eigenvalue weighted by Gasteiger charge is 2.15. The van der Waals surface area contributed by atoms with Crippen LogP contribution in [0.2, 0.25) is 10.0 Å². The van der Waals surface area contributed by atoms with Gasteiger partial charge in [0.1, 0.15) is 4.21 Å². The molecule has 2 N–H and O–H groups in total. The molecule has 0 aliphatic rings. The van der Waals surface area contributed by atoms with Crippen molar-refractivity contribution in [1.82, 2.24) is 10.0 Å². The summed E-state index contributed by atoms with van der Waals surface area (Å²) in [5.41, 5.74) is 0.246. The van der Waals surface area contributed by atoms with E-state index >= 15 is 0 Å². The molecule has 1 aromatic carbocycles. The molecule has 0 unspecified atom stereocenters. The Morgan fingerprint density at radius 3 is 2.64 bits per heavy atom. The van der Waals surface area contributed by atoms with Crippen molar-refractivity contribution >= 4 is 50.5 Å². The number of hydrogen-bond donors (Lipinski definition) is 2. The van der Waals surface area contributed by atoms with Gasteiger partial charge in [-0.2, -0.15) is 0 Å². The molecule has 0 radical (unpaired) electrons. The lowest BCUT2D eigenvalue weighted by atomic mass is 10.2. The van der Waals surface area contributed by atoms with Gasteiger partial charge >= 0.3 is 0 Å². The summed E-state index contributed by atoms with van der Waals surface area (Å²) in [5, 5.41) is 4.93. The van der Waals surface area contributed by atoms with Gasteiger partial charge in [0.2, 0.25) is 10.0 Å². The van der Waals surface area contributed by atoms with Crippen LogP contribution in [0, 0.1) is 0 Å². The minimum Gasteiger partial charge on any atom is -0.351 e. The van der Waals surface area contributed by atoms with Crippen LogP contribution in [0.15, 0.2) is 39.9 Å².